The average Bonchev–Trinajstić information content (AvgIpc) is 2.83. The number of hydrogen-bond acceptors (Lipinski definition) is 4. The maximum Gasteiger partial charge on any atom is 0.224 e. The highest BCUT2D eigenvalue weighted by Crippen LogP contribution is 2.27. The van der Waals surface area contributed by atoms with Gasteiger partial charge in [0.05, 0.1) is 10.9 Å². The Kier molecular flexibility index (Phi) is 3.46. The second kappa shape index (κ2) is 4.84. The summed E-state index contributed by atoms with van der Waals surface area (Å²) in [5.41, 5.74) is 1.13. The second-order valence-corrected chi connectivity index (χ2v) is 5.20. The molecule has 0 atom stereocenters. The Morgan fingerprint density at radius 3 is 3.00 bits per heavy atom. The van der Waals surface area contributed by atoms with Gasteiger partial charge in [-0.2, -0.15) is 0 Å². The summed E-state index contributed by atoms with van der Waals surface area (Å²) in [6.45, 7) is 5.66. The third kappa shape index (κ3) is 2.36. The van der Waals surface area contributed by atoms with Crippen molar-refractivity contribution < 1.29 is 0 Å². The van der Waals surface area contributed by atoms with Crippen LogP contribution in [0.1, 0.15) is 17.4 Å². The van der Waals surface area contributed by atoms with Crippen molar-refractivity contribution in [2.75, 3.05) is 5.32 Å². The molecule has 2 heterocycles. The van der Waals surface area contributed by atoms with Crippen LogP contribution < -0.4 is 5.32 Å². The molecule has 2 aromatic heterocycles. The van der Waals surface area contributed by atoms with Gasteiger partial charge < -0.3 is 9.88 Å². The first-order chi connectivity index (χ1) is 7.70. The van der Waals surface area contributed by atoms with Crippen LogP contribution in [0.2, 0.25) is 4.34 Å². The van der Waals surface area contributed by atoms with E-state index in [1.807, 2.05) is 11.5 Å². The normalized spacial score (nSPS) is 10.7. The molecule has 0 amide bonds. The number of thiophene rings is 1. The summed E-state index contributed by atoms with van der Waals surface area (Å²) < 4.78 is 2.82. The molecule has 0 aliphatic rings. The van der Waals surface area contributed by atoms with Crippen molar-refractivity contribution >= 4 is 28.9 Å². The second-order valence-electron chi connectivity index (χ2n) is 3.46. The van der Waals surface area contributed by atoms with Gasteiger partial charge in [0.1, 0.15) is 6.33 Å². The predicted molar refractivity (Wildman–Crippen MR) is 67.1 cm³/mol. The summed E-state index contributed by atoms with van der Waals surface area (Å²) in [6.07, 6.45) is 1.72. The zero-order valence-electron chi connectivity index (χ0n) is 9.20. The van der Waals surface area contributed by atoms with Gasteiger partial charge in [-0.15, -0.1) is 21.5 Å². The number of nitrogens with zero attached hydrogens (tertiary/aromatic N) is 3. The molecule has 16 heavy (non-hydrogen) atoms. The molecule has 6 heteroatoms. The minimum Gasteiger partial charge on any atom is -0.349 e. The smallest absolute Gasteiger partial charge is 0.224 e. The summed E-state index contributed by atoms with van der Waals surface area (Å²) in [7, 11) is 0. The lowest BCUT2D eigenvalue weighted by Crippen LogP contribution is -2.05. The maximum absolute atomic E-state index is 6.01. The Labute approximate surface area is 103 Å². The number of rotatable bonds is 4. The highest BCUT2D eigenvalue weighted by atomic mass is 35.5. The molecule has 0 saturated heterocycles. The molecule has 0 spiro atoms. The van der Waals surface area contributed by atoms with E-state index in [-0.39, 0.29) is 0 Å². The number of halogens is 1. The Balaban J connectivity index is 2.02. The molecule has 2 rings (SSSR count). The fraction of sp³-hybridized carbons (Fsp3) is 0.400. The monoisotopic (exact) mass is 256 g/mol. The number of aromatic nitrogens is 3. The lowest BCUT2D eigenvalue weighted by Gasteiger charge is -2.04. The number of aryl methyl sites for hydroxylation is 2. The van der Waals surface area contributed by atoms with E-state index in [2.05, 4.69) is 28.5 Å². The van der Waals surface area contributed by atoms with Gasteiger partial charge in [-0.25, -0.2) is 0 Å². The molecule has 4 nitrogen and oxygen atoms in total. The molecule has 2 aromatic rings. The standard InChI is InChI=1S/C10H13ClN4S/c1-3-15-6-13-14-10(15)12-5-8-4-7(2)9(11)16-8/h4,6H,3,5H2,1-2H3,(H,12,14). The van der Waals surface area contributed by atoms with E-state index in [1.165, 1.54) is 4.88 Å². The highest BCUT2D eigenvalue weighted by Gasteiger charge is 2.05. The van der Waals surface area contributed by atoms with Crippen LogP contribution in [-0.4, -0.2) is 14.8 Å². The third-order valence-electron chi connectivity index (χ3n) is 2.29. The van der Waals surface area contributed by atoms with Gasteiger partial charge in [-0.1, -0.05) is 11.6 Å². The Bertz CT molecular complexity index is 457. The minimum absolute atomic E-state index is 0.733. The van der Waals surface area contributed by atoms with Crippen molar-refractivity contribution in [3.05, 3.63) is 27.2 Å². The molecule has 86 valence electrons. The van der Waals surface area contributed by atoms with Crippen LogP contribution in [0, 0.1) is 6.92 Å². The first-order valence-corrected chi connectivity index (χ1v) is 6.26. The van der Waals surface area contributed by atoms with E-state index in [0.717, 1.165) is 28.9 Å². The van der Waals surface area contributed by atoms with E-state index in [4.69, 9.17) is 11.6 Å². The quantitative estimate of drug-likeness (QED) is 0.915. The summed E-state index contributed by atoms with van der Waals surface area (Å²) in [6, 6.07) is 2.09. The molecule has 0 aromatic carbocycles. The minimum atomic E-state index is 0.733. The fourth-order valence-corrected chi connectivity index (χ4v) is 2.58. The Hall–Kier alpha value is -1.07. The van der Waals surface area contributed by atoms with Gasteiger partial charge in [0.25, 0.3) is 0 Å². The van der Waals surface area contributed by atoms with Gasteiger partial charge in [-0.3, -0.25) is 0 Å². The van der Waals surface area contributed by atoms with Crippen LogP contribution in [-0.2, 0) is 13.1 Å². The molecular formula is C10H13ClN4S. The van der Waals surface area contributed by atoms with Crippen LogP contribution >= 0.6 is 22.9 Å². The first-order valence-electron chi connectivity index (χ1n) is 5.07. The first kappa shape index (κ1) is 11.4. The van der Waals surface area contributed by atoms with Gasteiger partial charge in [0.15, 0.2) is 0 Å². The average molecular weight is 257 g/mol. The fourth-order valence-electron chi connectivity index (χ4n) is 1.40. The molecule has 0 aliphatic carbocycles. The molecule has 0 aliphatic heterocycles. The molecule has 0 saturated carbocycles. The van der Waals surface area contributed by atoms with Crippen molar-refractivity contribution in [2.24, 2.45) is 0 Å². The molecule has 1 N–H and O–H groups in total. The van der Waals surface area contributed by atoms with Crippen LogP contribution in [0.5, 0.6) is 0 Å². The van der Waals surface area contributed by atoms with E-state index in [9.17, 15) is 0 Å². The zero-order chi connectivity index (χ0) is 11.5. The van der Waals surface area contributed by atoms with E-state index >= 15 is 0 Å². The van der Waals surface area contributed by atoms with Crippen molar-refractivity contribution in [3.63, 3.8) is 0 Å². The predicted octanol–water partition coefficient (Wildman–Crippen LogP) is 2.93. The number of hydrogen-bond donors (Lipinski definition) is 1. The zero-order valence-corrected chi connectivity index (χ0v) is 10.8. The van der Waals surface area contributed by atoms with Crippen LogP contribution in [0.15, 0.2) is 12.4 Å². The van der Waals surface area contributed by atoms with Crippen LogP contribution in [0.3, 0.4) is 0 Å². The van der Waals surface area contributed by atoms with E-state index < -0.39 is 0 Å². The number of nitrogens with one attached hydrogen (secondary N) is 1. The highest BCUT2D eigenvalue weighted by molar-refractivity contribution is 7.16. The van der Waals surface area contributed by atoms with Crippen molar-refractivity contribution in [1.29, 1.82) is 0 Å². The van der Waals surface area contributed by atoms with Crippen LogP contribution in [0.25, 0.3) is 0 Å². The van der Waals surface area contributed by atoms with Gasteiger partial charge in [0.2, 0.25) is 5.95 Å². The molecule has 0 unspecified atom stereocenters. The Morgan fingerprint density at radius 2 is 2.38 bits per heavy atom. The topological polar surface area (TPSA) is 42.7 Å². The van der Waals surface area contributed by atoms with Gasteiger partial charge >= 0.3 is 0 Å². The summed E-state index contributed by atoms with van der Waals surface area (Å²) in [5, 5.41) is 11.1. The molecule has 0 bridgehead atoms. The van der Waals surface area contributed by atoms with Crippen molar-refractivity contribution in [1.82, 2.24) is 14.8 Å². The molecule has 0 fully saturated rings. The van der Waals surface area contributed by atoms with Gasteiger partial charge in [0, 0.05) is 11.4 Å². The number of anilines is 1. The van der Waals surface area contributed by atoms with Crippen LogP contribution in [0.4, 0.5) is 5.95 Å². The largest absolute Gasteiger partial charge is 0.349 e. The van der Waals surface area contributed by atoms with Crippen molar-refractivity contribution in [2.45, 2.75) is 26.9 Å². The van der Waals surface area contributed by atoms with E-state index in [1.54, 1.807) is 17.7 Å². The third-order valence-corrected chi connectivity index (χ3v) is 3.84. The Morgan fingerprint density at radius 1 is 1.56 bits per heavy atom. The SMILES string of the molecule is CCn1cnnc1NCc1cc(C)c(Cl)s1. The lowest BCUT2D eigenvalue weighted by atomic mass is 10.3. The molecular weight excluding hydrogens is 244 g/mol. The molecule has 0 radical (unpaired) electrons. The summed E-state index contributed by atoms with van der Waals surface area (Å²) >= 11 is 7.60. The van der Waals surface area contributed by atoms with Gasteiger partial charge in [-0.05, 0) is 25.5 Å². The lowest BCUT2D eigenvalue weighted by molar-refractivity contribution is 0.761. The van der Waals surface area contributed by atoms with E-state index in [0.29, 0.717) is 0 Å². The van der Waals surface area contributed by atoms with Crippen molar-refractivity contribution in [3.8, 4) is 0 Å². The summed E-state index contributed by atoms with van der Waals surface area (Å²) in [5.74, 6) is 0.796. The maximum atomic E-state index is 6.01. The summed E-state index contributed by atoms with van der Waals surface area (Å²) in [4.78, 5) is 1.20.